The summed E-state index contributed by atoms with van der Waals surface area (Å²) in [6, 6.07) is 0. The molecule has 1 aliphatic heterocycles. The molecule has 0 spiro atoms. The van der Waals surface area contributed by atoms with E-state index in [0.717, 1.165) is 25.6 Å². The highest BCUT2D eigenvalue weighted by molar-refractivity contribution is 4.97. The Kier molecular flexibility index (Phi) is 3.81. The molecule has 0 aromatic heterocycles. The molecule has 2 N–H and O–H groups in total. The van der Waals surface area contributed by atoms with Crippen LogP contribution in [0, 0.1) is 11.3 Å². The Balaban J connectivity index is 1.69. The second-order valence-electron chi connectivity index (χ2n) is 7.07. The van der Waals surface area contributed by atoms with Gasteiger partial charge in [0.05, 0.1) is 0 Å². The maximum Gasteiger partial charge on any atom is 0.0278 e. The van der Waals surface area contributed by atoms with Crippen LogP contribution in [0.15, 0.2) is 0 Å². The van der Waals surface area contributed by atoms with Gasteiger partial charge in [0.25, 0.3) is 0 Å². The van der Waals surface area contributed by atoms with Crippen LogP contribution in [0.2, 0.25) is 0 Å². The molecule has 1 atom stereocenters. The van der Waals surface area contributed by atoms with Crippen molar-refractivity contribution in [1.82, 2.24) is 15.5 Å². The Morgan fingerprint density at radius 3 is 2.41 bits per heavy atom. The summed E-state index contributed by atoms with van der Waals surface area (Å²) in [6.45, 7) is 16.4. The van der Waals surface area contributed by atoms with E-state index in [2.05, 4.69) is 43.2 Å². The zero-order valence-corrected chi connectivity index (χ0v) is 12.0. The summed E-state index contributed by atoms with van der Waals surface area (Å²) < 4.78 is 0. The van der Waals surface area contributed by atoms with E-state index in [1.807, 2.05) is 0 Å². The molecule has 0 amide bonds. The predicted molar refractivity (Wildman–Crippen MR) is 73.3 cm³/mol. The van der Waals surface area contributed by atoms with Crippen LogP contribution in [0.5, 0.6) is 0 Å². The van der Waals surface area contributed by atoms with Gasteiger partial charge in [-0.05, 0) is 38.1 Å². The smallest absolute Gasteiger partial charge is 0.0278 e. The van der Waals surface area contributed by atoms with E-state index < -0.39 is 0 Å². The standard InChI is InChI=1S/C14H29N3/c1-13(2)9-12(13)10-16-11-14(3,4)17-7-5-15-6-8-17/h12,15-16H,5-11H2,1-4H3. The van der Waals surface area contributed by atoms with Gasteiger partial charge in [-0.2, -0.15) is 0 Å². The lowest BCUT2D eigenvalue weighted by Crippen LogP contribution is -2.57. The highest BCUT2D eigenvalue weighted by Crippen LogP contribution is 2.50. The molecule has 3 heteroatoms. The van der Waals surface area contributed by atoms with Crippen molar-refractivity contribution in [2.75, 3.05) is 39.3 Å². The lowest BCUT2D eigenvalue weighted by atomic mass is 10.0. The van der Waals surface area contributed by atoms with E-state index in [1.54, 1.807) is 0 Å². The van der Waals surface area contributed by atoms with Gasteiger partial charge in [-0.15, -0.1) is 0 Å². The lowest BCUT2D eigenvalue weighted by Gasteiger charge is -2.41. The molecule has 2 fully saturated rings. The first-order valence-electron chi connectivity index (χ1n) is 7.08. The molecule has 1 saturated heterocycles. The average Bonchev–Trinajstić information content (AvgIpc) is 2.87. The van der Waals surface area contributed by atoms with Gasteiger partial charge in [-0.25, -0.2) is 0 Å². The third-order valence-corrected chi connectivity index (χ3v) is 4.64. The molecule has 0 bridgehead atoms. The fourth-order valence-corrected chi connectivity index (χ4v) is 2.86. The molecule has 1 heterocycles. The Labute approximate surface area is 106 Å². The molecule has 0 aromatic rings. The normalized spacial score (nSPS) is 29.3. The van der Waals surface area contributed by atoms with Crippen molar-refractivity contribution in [2.24, 2.45) is 11.3 Å². The van der Waals surface area contributed by atoms with E-state index in [9.17, 15) is 0 Å². The summed E-state index contributed by atoms with van der Waals surface area (Å²) in [5.74, 6) is 0.904. The first-order valence-corrected chi connectivity index (χ1v) is 7.08. The number of hydrogen-bond acceptors (Lipinski definition) is 3. The van der Waals surface area contributed by atoms with Gasteiger partial charge in [-0.3, -0.25) is 4.90 Å². The fourth-order valence-electron chi connectivity index (χ4n) is 2.86. The minimum Gasteiger partial charge on any atom is -0.315 e. The number of nitrogens with one attached hydrogen (secondary N) is 2. The molecule has 100 valence electrons. The average molecular weight is 239 g/mol. The minimum atomic E-state index is 0.293. The first-order chi connectivity index (χ1) is 7.92. The van der Waals surface area contributed by atoms with Gasteiger partial charge in [0.15, 0.2) is 0 Å². The Morgan fingerprint density at radius 1 is 1.29 bits per heavy atom. The maximum atomic E-state index is 3.68. The van der Waals surface area contributed by atoms with Crippen LogP contribution < -0.4 is 10.6 Å². The largest absolute Gasteiger partial charge is 0.315 e. The quantitative estimate of drug-likeness (QED) is 0.757. The highest BCUT2D eigenvalue weighted by atomic mass is 15.2. The second kappa shape index (κ2) is 4.87. The van der Waals surface area contributed by atoms with Gasteiger partial charge in [0.1, 0.15) is 0 Å². The molecule has 1 unspecified atom stereocenters. The van der Waals surface area contributed by atoms with Gasteiger partial charge >= 0.3 is 0 Å². The van der Waals surface area contributed by atoms with Gasteiger partial charge < -0.3 is 10.6 Å². The van der Waals surface area contributed by atoms with Crippen LogP contribution in [-0.4, -0.2) is 49.7 Å². The third-order valence-electron chi connectivity index (χ3n) is 4.64. The van der Waals surface area contributed by atoms with Gasteiger partial charge in [-0.1, -0.05) is 13.8 Å². The van der Waals surface area contributed by atoms with E-state index >= 15 is 0 Å². The van der Waals surface area contributed by atoms with E-state index in [0.29, 0.717) is 11.0 Å². The van der Waals surface area contributed by atoms with Crippen LogP contribution >= 0.6 is 0 Å². The molecular weight excluding hydrogens is 210 g/mol. The first kappa shape index (κ1) is 13.3. The minimum absolute atomic E-state index is 0.293. The second-order valence-corrected chi connectivity index (χ2v) is 7.07. The third kappa shape index (κ3) is 3.43. The zero-order chi connectivity index (χ0) is 12.5. The van der Waals surface area contributed by atoms with E-state index in [4.69, 9.17) is 0 Å². The lowest BCUT2D eigenvalue weighted by molar-refractivity contribution is 0.102. The van der Waals surface area contributed by atoms with Crippen molar-refractivity contribution in [3.63, 3.8) is 0 Å². The molecular formula is C14H29N3. The van der Waals surface area contributed by atoms with Crippen molar-refractivity contribution in [3.8, 4) is 0 Å². The molecule has 0 aromatic carbocycles. The Bertz CT molecular complexity index is 254. The van der Waals surface area contributed by atoms with E-state index in [1.165, 1.54) is 26.1 Å². The van der Waals surface area contributed by atoms with Crippen molar-refractivity contribution >= 4 is 0 Å². The molecule has 0 radical (unpaired) electrons. The van der Waals surface area contributed by atoms with E-state index in [-0.39, 0.29) is 0 Å². The molecule has 2 aliphatic rings. The molecule has 1 aliphatic carbocycles. The van der Waals surface area contributed by atoms with Crippen molar-refractivity contribution in [2.45, 2.75) is 39.7 Å². The van der Waals surface area contributed by atoms with Crippen molar-refractivity contribution in [1.29, 1.82) is 0 Å². The van der Waals surface area contributed by atoms with Crippen LogP contribution in [0.25, 0.3) is 0 Å². The summed E-state index contributed by atoms with van der Waals surface area (Å²) in [7, 11) is 0. The number of piperazine rings is 1. The van der Waals surface area contributed by atoms with Crippen LogP contribution in [0.4, 0.5) is 0 Å². The molecule has 2 rings (SSSR count). The highest BCUT2D eigenvalue weighted by Gasteiger charge is 2.45. The summed E-state index contributed by atoms with van der Waals surface area (Å²) in [6.07, 6.45) is 1.40. The SMILES string of the molecule is CC1(C)CC1CNCC(C)(C)N1CCNCC1. The monoisotopic (exact) mass is 239 g/mol. The number of nitrogens with zero attached hydrogens (tertiary/aromatic N) is 1. The van der Waals surface area contributed by atoms with Crippen LogP contribution in [0.3, 0.4) is 0 Å². The Hall–Kier alpha value is -0.120. The van der Waals surface area contributed by atoms with Crippen LogP contribution in [0.1, 0.15) is 34.1 Å². The zero-order valence-electron chi connectivity index (χ0n) is 12.0. The van der Waals surface area contributed by atoms with Gasteiger partial charge in [0.2, 0.25) is 0 Å². The summed E-state index contributed by atoms with van der Waals surface area (Å²) >= 11 is 0. The molecule has 3 nitrogen and oxygen atoms in total. The Morgan fingerprint density at radius 2 is 1.88 bits per heavy atom. The van der Waals surface area contributed by atoms with Gasteiger partial charge in [0, 0.05) is 38.3 Å². The predicted octanol–water partition coefficient (Wildman–Crippen LogP) is 1.31. The van der Waals surface area contributed by atoms with Crippen molar-refractivity contribution in [3.05, 3.63) is 0 Å². The summed E-state index contributed by atoms with van der Waals surface area (Å²) in [5, 5.41) is 7.10. The molecule has 17 heavy (non-hydrogen) atoms. The molecule has 1 saturated carbocycles. The van der Waals surface area contributed by atoms with Crippen molar-refractivity contribution < 1.29 is 0 Å². The number of rotatable bonds is 5. The number of hydrogen-bond donors (Lipinski definition) is 2. The fraction of sp³-hybridized carbons (Fsp3) is 1.00. The maximum absolute atomic E-state index is 3.68. The van der Waals surface area contributed by atoms with Crippen LogP contribution in [-0.2, 0) is 0 Å². The summed E-state index contributed by atoms with van der Waals surface area (Å²) in [4.78, 5) is 2.61. The topological polar surface area (TPSA) is 27.3 Å². The summed E-state index contributed by atoms with van der Waals surface area (Å²) in [5.41, 5.74) is 0.896.